The van der Waals surface area contributed by atoms with E-state index in [1.165, 1.54) is 36.0 Å². The van der Waals surface area contributed by atoms with Crippen LogP contribution < -0.4 is 10.6 Å². The smallest absolute Gasteiger partial charge is 0.255 e. The van der Waals surface area contributed by atoms with Gasteiger partial charge in [-0.2, -0.15) is 0 Å². The quantitative estimate of drug-likeness (QED) is 0.364. The summed E-state index contributed by atoms with van der Waals surface area (Å²) in [5, 5.41) is 14.7. The Morgan fingerprint density at radius 2 is 1.68 bits per heavy atom. The molecule has 0 atom stereocenters. The molecule has 2 N–H and O–H groups in total. The Bertz CT molecular complexity index is 1280. The molecule has 0 saturated carbocycles. The lowest BCUT2D eigenvalue weighted by molar-refractivity contribution is -0.113. The Hall–Kier alpha value is -4.05. The van der Waals surface area contributed by atoms with Crippen LogP contribution in [0.25, 0.3) is 11.4 Å². The molecule has 34 heavy (non-hydrogen) atoms. The summed E-state index contributed by atoms with van der Waals surface area (Å²) < 4.78 is 14.9. The first-order valence-corrected chi connectivity index (χ1v) is 11.5. The highest BCUT2D eigenvalue weighted by molar-refractivity contribution is 7.99. The van der Waals surface area contributed by atoms with E-state index in [2.05, 4.69) is 25.8 Å². The molecule has 10 heteroatoms. The molecule has 0 radical (unpaired) electrons. The van der Waals surface area contributed by atoms with Crippen LogP contribution in [0.1, 0.15) is 17.3 Å². The molecule has 0 aliphatic rings. The maximum atomic E-state index is 13.0. The Morgan fingerprint density at radius 1 is 0.971 bits per heavy atom. The van der Waals surface area contributed by atoms with E-state index in [4.69, 9.17) is 0 Å². The first-order chi connectivity index (χ1) is 16.5. The summed E-state index contributed by atoms with van der Waals surface area (Å²) in [6.07, 6.45) is 3.42. The Labute approximate surface area is 199 Å². The fraction of sp³-hybridized carbons (Fsp3) is 0.125. The van der Waals surface area contributed by atoms with E-state index in [-0.39, 0.29) is 17.6 Å². The Balaban J connectivity index is 1.32. The van der Waals surface area contributed by atoms with Crippen LogP contribution in [0, 0.1) is 5.82 Å². The second-order valence-electron chi connectivity index (χ2n) is 7.17. The molecule has 2 aromatic heterocycles. The summed E-state index contributed by atoms with van der Waals surface area (Å²) in [7, 11) is 0. The van der Waals surface area contributed by atoms with E-state index in [0.29, 0.717) is 34.5 Å². The number of amides is 2. The molecule has 2 aromatic carbocycles. The van der Waals surface area contributed by atoms with Crippen molar-refractivity contribution < 1.29 is 14.0 Å². The third-order valence-corrected chi connectivity index (χ3v) is 5.78. The van der Waals surface area contributed by atoms with Gasteiger partial charge in [0.05, 0.1) is 5.75 Å². The number of nitrogens with zero attached hydrogens (tertiary/aromatic N) is 4. The lowest BCUT2D eigenvalue weighted by Gasteiger charge is -2.09. The summed E-state index contributed by atoms with van der Waals surface area (Å²) in [4.78, 5) is 28.8. The van der Waals surface area contributed by atoms with Crippen molar-refractivity contribution in [2.24, 2.45) is 0 Å². The molecule has 4 aromatic rings. The van der Waals surface area contributed by atoms with Gasteiger partial charge in [-0.25, -0.2) is 4.39 Å². The van der Waals surface area contributed by atoms with Crippen molar-refractivity contribution in [2.75, 3.05) is 16.4 Å². The van der Waals surface area contributed by atoms with Gasteiger partial charge in [-0.3, -0.25) is 14.6 Å². The number of nitrogens with one attached hydrogen (secondary N) is 2. The topological polar surface area (TPSA) is 102 Å². The number of carbonyl (C=O) groups is 2. The molecule has 0 unspecified atom stereocenters. The number of thioether (sulfide) groups is 1. The molecule has 0 fully saturated rings. The number of carbonyl (C=O) groups excluding carboxylic acids is 2. The average molecular weight is 477 g/mol. The van der Waals surface area contributed by atoms with Crippen LogP contribution >= 0.6 is 11.8 Å². The normalized spacial score (nSPS) is 10.6. The maximum absolute atomic E-state index is 13.0. The van der Waals surface area contributed by atoms with E-state index >= 15 is 0 Å². The van der Waals surface area contributed by atoms with Crippen LogP contribution in [0.5, 0.6) is 0 Å². The largest absolute Gasteiger partial charge is 0.325 e. The predicted molar refractivity (Wildman–Crippen MR) is 129 cm³/mol. The van der Waals surface area contributed by atoms with Crippen molar-refractivity contribution in [1.82, 2.24) is 19.7 Å². The van der Waals surface area contributed by atoms with Crippen LogP contribution in [0.15, 0.2) is 78.2 Å². The zero-order valence-corrected chi connectivity index (χ0v) is 19.1. The number of pyridine rings is 1. The Kier molecular flexibility index (Phi) is 7.28. The first kappa shape index (κ1) is 23.1. The molecule has 4 rings (SSSR count). The van der Waals surface area contributed by atoms with Gasteiger partial charge in [0.25, 0.3) is 5.91 Å². The molecule has 2 amide bonds. The predicted octanol–water partition coefficient (Wildman–Crippen LogP) is 4.48. The summed E-state index contributed by atoms with van der Waals surface area (Å²) in [5.74, 6) is -0.0789. The number of anilines is 2. The molecule has 172 valence electrons. The van der Waals surface area contributed by atoms with Gasteiger partial charge >= 0.3 is 0 Å². The SMILES string of the molecule is CCn1c(SCC(=O)Nc2ccc(NC(=O)c3ccc(F)cc3)cc2)nnc1-c1cccnc1. The van der Waals surface area contributed by atoms with Crippen molar-refractivity contribution >= 4 is 35.0 Å². The van der Waals surface area contributed by atoms with Crippen molar-refractivity contribution in [3.63, 3.8) is 0 Å². The van der Waals surface area contributed by atoms with E-state index in [1.807, 2.05) is 23.6 Å². The molecular weight excluding hydrogens is 455 g/mol. The van der Waals surface area contributed by atoms with Gasteiger partial charge in [-0.05, 0) is 67.6 Å². The standard InChI is InChI=1S/C24H21FN6O2S/c1-2-31-22(17-4-3-13-26-14-17)29-30-24(31)34-15-21(32)27-19-9-11-20(12-10-19)28-23(33)16-5-7-18(25)8-6-16/h3-14H,2,15H2,1H3,(H,27,32)(H,28,33). The van der Waals surface area contributed by atoms with E-state index in [1.54, 1.807) is 36.7 Å². The summed E-state index contributed by atoms with van der Waals surface area (Å²) in [6, 6.07) is 15.8. The molecule has 0 aliphatic carbocycles. The van der Waals surface area contributed by atoms with Gasteiger partial charge in [-0.15, -0.1) is 10.2 Å². The van der Waals surface area contributed by atoms with Crippen molar-refractivity contribution in [1.29, 1.82) is 0 Å². The summed E-state index contributed by atoms with van der Waals surface area (Å²) in [6.45, 7) is 2.65. The van der Waals surface area contributed by atoms with Gasteiger partial charge in [0.15, 0.2) is 11.0 Å². The van der Waals surface area contributed by atoms with E-state index < -0.39 is 5.82 Å². The third-order valence-electron chi connectivity index (χ3n) is 4.82. The number of aromatic nitrogens is 4. The van der Waals surface area contributed by atoms with Gasteiger partial charge < -0.3 is 15.2 Å². The fourth-order valence-electron chi connectivity index (χ4n) is 3.16. The Morgan fingerprint density at radius 3 is 2.32 bits per heavy atom. The molecule has 0 aliphatic heterocycles. The number of benzene rings is 2. The average Bonchev–Trinajstić information content (AvgIpc) is 3.28. The zero-order chi connectivity index (χ0) is 23.9. The maximum Gasteiger partial charge on any atom is 0.255 e. The van der Waals surface area contributed by atoms with Crippen LogP contribution in [0.3, 0.4) is 0 Å². The van der Waals surface area contributed by atoms with E-state index in [9.17, 15) is 14.0 Å². The second-order valence-corrected chi connectivity index (χ2v) is 8.11. The van der Waals surface area contributed by atoms with Crippen molar-refractivity contribution in [3.05, 3.63) is 84.4 Å². The lowest BCUT2D eigenvalue weighted by Crippen LogP contribution is -2.15. The van der Waals surface area contributed by atoms with Crippen LogP contribution in [-0.4, -0.2) is 37.3 Å². The van der Waals surface area contributed by atoms with Crippen LogP contribution in [-0.2, 0) is 11.3 Å². The third kappa shape index (κ3) is 5.65. The summed E-state index contributed by atoms with van der Waals surface area (Å²) in [5.41, 5.74) is 2.36. The number of rotatable bonds is 8. The number of hydrogen-bond acceptors (Lipinski definition) is 6. The van der Waals surface area contributed by atoms with E-state index in [0.717, 1.165) is 5.56 Å². The molecular formula is C24H21FN6O2S. The first-order valence-electron chi connectivity index (χ1n) is 10.5. The highest BCUT2D eigenvalue weighted by Crippen LogP contribution is 2.23. The minimum Gasteiger partial charge on any atom is -0.325 e. The highest BCUT2D eigenvalue weighted by Gasteiger charge is 2.15. The molecule has 8 nitrogen and oxygen atoms in total. The minimum atomic E-state index is -0.404. The zero-order valence-electron chi connectivity index (χ0n) is 18.2. The van der Waals surface area contributed by atoms with Gasteiger partial charge in [-0.1, -0.05) is 11.8 Å². The van der Waals surface area contributed by atoms with Crippen LogP contribution in [0.2, 0.25) is 0 Å². The minimum absolute atomic E-state index is 0.161. The molecule has 0 saturated heterocycles. The van der Waals surface area contributed by atoms with Crippen LogP contribution in [0.4, 0.5) is 15.8 Å². The van der Waals surface area contributed by atoms with Crippen molar-refractivity contribution in [3.8, 4) is 11.4 Å². The molecule has 2 heterocycles. The summed E-state index contributed by atoms with van der Waals surface area (Å²) >= 11 is 1.30. The monoisotopic (exact) mass is 476 g/mol. The number of halogens is 1. The highest BCUT2D eigenvalue weighted by atomic mass is 32.2. The molecule has 0 spiro atoms. The van der Waals surface area contributed by atoms with Gasteiger partial charge in [0, 0.05) is 41.4 Å². The number of hydrogen-bond donors (Lipinski definition) is 2. The molecule has 0 bridgehead atoms. The lowest BCUT2D eigenvalue weighted by atomic mass is 10.2. The van der Waals surface area contributed by atoms with Gasteiger partial charge in [0.1, 0.15) is 5.82 Å². The second kappa shape index (κ2) is 10.7. The van der Waals surface area contributed by atoms with Gasteiger partial charge in [0.2, 0.25) is 5.91 Å². The fourth-order valence-corrected chi connectivity index (χ4v) is 3.96. The van der Waals surface area contributed by atoms with Crippen molar-refractivity contribution in [2.45, 2.75) is 18.6 Å².